The highest BCUT2D eigenvalue weighted by molar-refractivity contribution is 5.90. The number of ether oxygens (including phenoxy) is 3. The monoisotopic (exact) mass is 312 g/mol. The maximum atomic E-state index is 12.1. The molecule has 2 aromatic carbocycles. The van der Waals surface area contributed by atoms with Crippen LogP contribution < -0.4 is 0 Å². The van der Waals surface area contributed by atoms with Gasteiger partial charge < -0.3 is 14.2 Å². The van der Waals surface area contributed by atoms with Gasteiger partial charge in [0.1, 0.15) is 0 Å². The quantitative estimate of drug-likeness (QED) is 0.812. The second kappa shape index (κ2) is 7.07. The fraction of sp³-hybridized carbons (Fsp3) is 0.222. The average Bonchev–Trinajstić information content (AvgIpc) is 3.03. The van der Waals surface area contributed by atoms with Crippen molar-refractivity contribution >= 4 is 11.9 Å². The van der Waals surface area contributed by atoms with Gasteiger partial charge in [-0.25, -0.2) is 9.59 Å². The minimum absolute atomic E-state index is 0.214. The Morgan fingerprint density at radius 1 is 0.739 bits per heavy atom. The van der Waals surface area contributed by atoms with Crippen LogP contribution in [0.1, 0.15) is 20.7 Å². The van der Waals surface area contributed by atoms with E-state index in [1.165, 1.54) is 0 Å². The van der Waals surface area contributed by atoms with Crippen molar-refractivity contribution in [3.8, 4) is 0 Å². The molecule has 1 fully saturated rings. The molecule has 1 aliphatic rings. The zero-order chi connectivity index (χ0) is 16.1. The Kier molecular flexibility index (Phi) is 4.68. The molecule has 0 radical (unpaired) electrons. The van der Waals surface area contributed by atoms with Gasteiger partial charge in [0.2, 0.25) is 0 Å². The van der Waals surface area contributed by atoms with E-state index in [4.69, 9.17) is 14.2 Å². The highest BCUT2D eigenvalue weighted by Crippen LogP contribution is 2.17. The largest absolute Gasteiger partial charge is 0.452 e. The van der Waals surface area contributed by atoms with Gasteiger partial charge in [0, 0.05) is 0 Å². The van der Waals surface area contributed by atoms with E-state index in [0.29, 0.717) is 11.1 Å². The van der Waals surface area contributed by atoms with Crippen molar-refractivity contribution in [1.29, 1.82) is 0 Å². The lowest BCUT2D eigenvalue weighted by molar-refractivity contribution is -0.0176. The van der Waals surface area contributed by atoms with Gasteiger partial charge in [-0.2, -0.15) is 0 Å². The summed E-state index contributed by atoms with van der Waals surface area (Å²) in [5.74, 6) is -0.913. The third-order valence-electron chi connectivity index (χ3n) is 3.51. The maximum absolute atomic E-state index is 12.1. The van der Waals surface area contributed by atoms with Crippen LogP contribution in [0.25, 0.3) is 0 Å². The van der Waals surface area contributed by atoms with Crippen LogP contribution in [0.5, 0.6) is 0 Å². The highest BCUT2D eigenvalue weighted by atomic mass is 16.6. The zero-order valence-corrected chi connectivity index (χ0v) is 12.4. The van der Waals surface area contributed by atoms with E-state index in [2.05, 4.69) is 0 Å². The van der Waals surface area contributed by atoms with Crippen LogP contribution in [0.15, 0.2) is 60.7 Å². The van der Waals surface area contributed by atoms with Crippen molar-refractivity contribution in [3.05, 3.63) is 71.8 Å². The first kappa shape index (κ1) is 15.2. The minimum Gasteiger partial charge on any atom is -0.452 e. The van der Waals surface area contributed by atoms with Gasteiger partial charge in [0.15, 0.2) is 12.2 Å². The normalized spacial score (nSPS) is 20.0. The molecule has 5 nitrogen and oxygen atoms in total. The van der Waals surface area contributed by atoms with Crippen LogP contribution in [-0.4, -0.2) is 37.4 Å². The summed E-state index contributed by atoms with van der Waals surface area (Å²) in [4.78, 5) is 24.2. The van der Waals surface area contributed by atoms with Gasteiger partial charge in [0.05, 0.1) is 24.3 Å². The van der Waals surface area contributed by atoms with E-state index in [1.807, 2.05) is 12.1 Å². The zero-order valence-electron chi connectivity index (χ0n) is 12.4. The lowest BCUT2D eigenvalue weighted by Crippen LogP contribution is -2.34. The third-order valence-corrected chi connectivity index (χ3v) is 3.51. The molecule has 1 saturated heterocycles. The number of esters is 2. The summed E-state index contributed by atoms with van der Waals surface area (Å²) in [6, 6.07) is 17.4. The molecule has 0 saturated carbocycles. The molecule has 0 bridgehead atoms. The van der Waals surface area contributed by atoms with Crippen LogP contribution in [0.2, 0.25) is 0 Å². The molecule has 1 heterocycles. The molecule has 0 spiro atoms. The van der Waals surface area contributed by atoms with Crippen LogP contribution in [-0.2, 0) is 14.2 Å². The summed E-state index contributed by atoms with van der Waals surface area (Å²) in [5.41, 5.74) is 0.903. The Bertz CT molecular complexity index is 609. The van der Waals surface area contributed by atoms with Crippen molar-refractivity contribution in [2.75, 3.05) is 13.2 Å². The van der Waals surface area contributed by atoms with Crippen molar-refractivity contribution in [2.24, 2.45) is 0 Å². The van der Waals surface area contributed by atoms with Crippen LogP contribution >= 0.6 is 0 Å². The number of hydrogen-bond acceptors (Lipinski definition) is 5. The molecule has 2 aromatic rings. The van der Waals surface area contributed by atoms with Gasteiger partial charge in [-0.3, -0.25) is 0 Å². The molecule has 118 valence electrons. The van der Waals surface area contributed by atoms with E-state index in [-0.39, 0.29) is 13.2 Å². The van der Waals surface area contributed by atoms with Crippen molar-refractivity contribution < 1.29 is 23.8 Å². The van der Waals surface area contributed by atoms with Crippen molar-refractivity contribution in [2.45, 2.75) is 12.2 Å². The number of hydrogen-bond donors (Lipinski definition) is 0. The van der Waals surface area contributed by atoms with Gasteiger partial charge in [-0.05, 0) is 24.3 Å². The maximum Gasteiger partial charge on any atom is 0.338 e. The molecule has 5 heteroatoms. The molecule has 1 aliphatic heterocycles. The molecular weight excluding hydrogens is 296 g/mol. The topological polar surface area (TPSA) is 61.8 Å². The summed E-state index contributed by atoms with van der Waals surface area (Å²) in [5, 5.41) is 0. The molecule has 2 atom stereocenters. The Hall–Kier alpha value is -2.66. The van der Waals surface area contributed by atoms with E-state index in [1.54, 1.807) is 48.5 Å². The molecule has 0 amide bonds. The summed E-state index contributed by atoms with van der Waals surface area (Å²) < 4.78 is 16.1. The second-order valence-corrected chi connectivity index (χ2v) is 5.16. The van der Waals surface area contributed by atoms with Crippen LogP contribution in [0.3, 0.4) is 0 Å². The first-order valence-corrected chi connectivity index (χ1v) is 7.34. The van der Waals surface area contributed by atoms with E-state index >= 15 is 0 Å². The van der Waals surface area contributed by atoms with E-state index < -0.39 is 24.1 Å². The van der Waals surface area contributed by atoms with Crippen LogP contribution in [0.4, 0.5) is 0 Å². The lowest BCUT2D eigenvalue weighted by atomic mass is 10.2. The molecule has 0 N–H and O–H groups in total. The number of carbonyl (C=O) groups is 2. The van der Waals surface area contributed by atoms with Gasteiger partial charge in [0.25, 0.3) is 0 Å². The van der Waals surface area contributed by atoms with Crippen molar-refractivity contribution in [1.82, 2.24) is 0 Å². The highest BCUT2D eigenvalue weighted by Gasteiger charge is 2.35. The number of benzene rings is 2. The molecule has 3 rings (SSSR count). The number of carbonyl (C=O) groups excluding carboxylic acids is 2. The first-order valence-electron chi connectivity index (χ1n) is 7.34. The summed E-state index contributed by atoms with van der Waals surface area (Å²) in [7, 11) is 0. The SMILES string of the molecule is O=C(O[C@H]1COC[C@H]1OC(=O)c1ccccc1)c1ccccc1. The lowest BCUT2D eigenvalue weighted by Gasteiger charge is -2.18. The van der Waals surface area contributed by atoms with Gasteiger partial charge in [-0.1, -0.05) is 36.4 Å². The van der Waals surface area contributed by atoms with Gasteiger partial charge >= 0.3 is 11.9 Å². The summed E-state index contributed by atoms with van der Waals surface area (Å²) in [6.45, 7) is 0.427. The molecule has 0 aliphatic carbocycles. The van der Waals surface area contributed by atoms with Crippen molar-refractivity contribution in [3.63, 3.8) is 0 Å². The fourth-order valence-electron chi connectivity index (χ4n) is 2.29. The smallest absolute Gasteiger partial charge is 0.338 e. The second-order valence-electron chi connectivity index (χ2n) is 5.16. The van der Waals surface area contributed by atoms with Gasteiger partial charge in [-0.15, -0.1) is 0 Å². The predicted molar refractivity (Wildman–Crippen MR) is 82.1 cm³/mol. The minimum atomic E-state index is -0.602. The Balaban J connectivity index is 1.62. The summed E-state index contributed by atoms with van der Waals surface area (Å²) >= 11 is 0. The fourth-order valence-corrected chi connectivity index (χ4v) is 2.29. The number of rotatable bonds is 4. The molecule has 23 heavy (non-hydrogen) atoms. The first-order chi connectivity index (χ1) is 11.2. The van der Waals surface area contributed by atoms with E-state index in [9.17, 15) is 9.59 Å². The van der Waals surface area contributed by atoms with Crippen LogP contribution in [0, 0.1) is 0 Å². The summed E-state index contributed by atoms with van der Waals surface area (Å²) in [6.07, 6.45) is -1.20. The van der Waals surface area contributed by atoms with E-state index in [0.717, 1.165) is 0 Å². The standard InChI is InChI=1S/C18H16O5/c19-17(13-7-3-1-4-8-13)22-15-11-21-12-16(15)23-18(20)14-9-5-2-6-10-14/h1-10,15-16H,11-12H2/t15-,16+. The molecule has 0 aromatic heterocycles. The third kappa shape index (κ3) is 3.76. The Morgan fingerprint density at radius 2 is 1.13 bits per heavy atom. The predicted octanol–water partition coefficient (Wildman–Crippen LogP) is 2.47. The Labute approximate surface area is 133 Å². The molecular formula is C18H16O5. The molecule has 0 unspecified atom stereocenters. The average molecular weight is 312 g/mol. The Morgan fingerprint density at radius 3 is 1.52 bits per heavy atom.